The van der Waals surface area contributed by atoms with E-state index in [1.54, 1.807) is 0 Å². The maximum absolute atomic E-state index is 11.0. The molecule has 10 heteroatoms. The van der Waals surface area contributed by atoms with Crippen molar-refractivity contribution in [3.8, 4) is 12.3 Å². The lowest BCUT2D eigenvalue weighted by Gasteiger charge is -2.27. The fourth-order valence-electron chi connectivity index (χ4n) is 1.79. The van der Waals surface area contributed by atoms with Gasteiger partial charge < -0.3 is 25.5 Å². The van der Waals surface area contributed by atoms with Crippen LogP contribution < -0.4 is 10.8 Å². The third kappa shape index (κ3) is 3.02. The molecule has 0 unspecified atom stereocenters. The van der Waals surface area contributed by atoms with Gasteiger partial charge in [-0.3, -0.25) is 15.3 Å². The molecule has 1 rings (SSSR count). The quantitative estimate of drug-likeness (QED) is 0.125. The molecule has 1 aliphatic rings. The van der Waals surface area contributed by atoms with Gasteiger partial charge in [-0.1, -0.05) is 5.92 Å². The van der Waals surface area contributed by atoms with E-state index in [2.05, 4.69) is 4.99 Å². The number of hydrogen-bond acceptors (Lipinski definition) is 8. The predicted molar refractivity (Wildman–Crippen MR) is 69.4 cm³/mol. The van der Waals surface area contributed by atoms with Crippen LogP contribution in [0.3, 0.4) is 0 Å². The number of hydroxylamine groups is 1. The maximum Gasteiger partial charge on any atom is 0.268 e. The molecule has 1 fully saturated rings. The molecule has 1 amide bonds. The molecular formula is C11H16N4O6. The summed E-state index contributed by atoms with van der Waals surface area (Å²) in [4.78, 5) is 14.7. The van der Waals surface area contributed by atoms with Crippen LogP contribution in [0.15, 0.2) is 4.99 Å². The minimum Gasteiger partial charge on any atom is -0.392 e. The standard InChI is InChI=1S/C11H16N4O6/c1-3-11(5-16)7(18)10(2,19)8(21-11)14-9(15-20)13-6(17)4-12/h1,4,7-8,12,16,18-20H,5H2,2H3,(H2,13,14,15,17)/t7-,8+,10+,11+/m0/s1. The highest BCUT2D eigenvalue weighted by Gasteiger charge is 2.60. The van der Waals surface area contributed by atoms with E-state index >= 15 is 0 Å². The van der Waals surface area contributed by atoms with Gasteiger partial charge in [0.15, 0.2) is 11.8 Å². The van der Waals surface area contributed by atoms with Gasteiger partial charge in [0, 0.05) is 0 Å². The number of aliphatic hydroxyl groups is 3. The molecule has 0 aromatic rings. The second-order valence-electron chi connectivity index (χ2n) is 4.51. The van der Waals surface area contributed by atoms with Crippen molar-refractivity contribution in [2.45, 2.75) is 30.5 Å². The van der Waals surface area contributed by atoms with Crippen LogP contribution in [0.4, 0.5) is 0 Å². The number of terminal acetylenes is 1. The second kappa shape index (κ2) is 6.17. The Balaban J connectivity index is 3.10. The number of guanidine groups is 1. The minimum absolute atomic E-state index is 0.425. The van der Waals surface area contributed by atoms with Gasteiger partial charge in [0.1, 0.15) is 11.7 Å². The van der Waals surface area contributed by atoms with Crippen molar-refractivity contribution >= 4 is 18.1 Å². The van der Waals surface area contributed by atoms with E-state index in [1.165, 1.54) is 5.48 Å². The molecule has 21 heavy (non-hydrogen) atoms. The number of nitrogens with zero attached hydrogens (tertiary/aromatic N) is 1. The molecule has 0 spiro atoms. The van der Waals surface area contributed by atoms with Crippen molar-refractivity contribution in [3.05, 3.63) is 0 Å². The first-order valence-corrected chi connectivity index (χ1v) is 5.73. The van der Waals surface area contributed by atoms with Gasteiger partial charge in [0.05, 0.1) is 12.8 Å². The first kappa shape index (κ1) is 17.0. The third-order valence-corrected chi connectivity index (χ3v) is 3.02. The van der Waals surface area contributed by atoms with Crippen molar-refractivity contribution in [2.24, 2.45) is 4.99 Å². The first-order valence-electron chi connectivity index (χ1n) is 5.73. The van der Waals surface area contributed by atoms with Gasteiger partial charge in [-0.15, -0.1) is 6.42 Å². The topological polar surface area (TPSA) is 167 Å². The summed E-state index contributed by atoms with van der Waals surface area (Å²) < 4.78 is 5.19. The van der Waals surface area contributed by atoms with Crippen LogP contribution in [0.5, 0.6) is 0 Å². The van der Waals surface area contributed by atoms with Crippen molar-refractivity contribution in [1.82, 2.24) is 10.8 Å². The Kier molecular flexibility index (Phi) is 5.00. The highest BCUT2D eigenvalue weighted by atomic mass is 16.6. The van der Waals surface area contributed by atoms with E-state index in [4.69, 9.17) is 21.8 Å². The number of nitrogens with one attached hydrogen (secondary N) is 3. The van der Waals surface area contributed by atoms with Gasteiger partial charge in [-0.25, -0.2) is 10.5 Å². The molecular weight excluding hydrogens is 284 g/mol. The zero-order chi connectivity index (χ0) is 16.3. The number of aliphatic hydroxyl groups excluding tert-OH is 2. The molecule has 0 aliphatic carbocycles. The summed E-state index contributed by atoms with van der Waals surface area (Å²) in [5.41, 5.74) is -2.33. The Morgan fingerprint density at radius 3 is 2.67 bits per heavy atom. The highest BCUT2D eigenvalue weighted by molar-refractivity contribution is 6.28. The fourth-order valence-corrected chi connectivity index (χ4v) is 1.79. The summed E-state index contributed by atoms with van der Waals surface area (Å²) >= 11 is 0. The van der Waals surface area contributed by atoms with Gasteiger partial charge in [-0.2, -0.15) is 0 Å². The molecule has 4 atom stereocenters. The number of ether oxygens (including phenoxy) is 1. The first-order chi connectivity index (χ1) is 9.77. The molecule has 7 N–H and O–H groups in total. The third-order valence-electron chi connectivity index (χ3n) is 3.02. The second-order valence-corrected chi connectivity index (χ2v) is 4.51. The average Bonchev–Trinajstić information content (AvgIpc) is 2.67. The maximum atomic E-state index is 11.0. The molecule has 1 heterocycles. The summed E-state index contributed by atoms with van der Waals surface area (Å²) in [5, 5.41) is 47.0. The van der Waals surface area contributed by atoms with Crippen LogP contribution in [-0.4, -0.2) is 68.7 Å². The lowest BCUT2D eigenvalue weighted by atomic mass is 9.88. The lowest BCUT2D eigenvalue weighted by molar-refractivity contribution is -0.113. The molecule has 0 aromatic heterocycles. The average molecular weight is 300 g/mol. The molecule has 0 saturated carbocycles. The normalized spacial score (nSPS) is 35.9. The van der Waals surface area contributed by atoms with E-state index in [1.807, 2.05) is 11.2 Å². The molecule has 10 nitrogen and oxygen atoms in total. The molecule has 0 bridgehead atoms. The highest BCUT2D eigenvalue weighted by Crippen LogP contribution is 2.38. The molecule has 0 radical (unpaired) electrons. The van der Waals surface area contributed by atoms with Crippen LogP contribution >= 0.6 is 0 Å². The van der Waals surface area contributed by atoms with Crippen molar-refractivity contribution < 1.29 is 30.1 Å². The van der Waals surface area contributed by atoms with Crippen LogP contribution in [-0.2, 0) is 9.53 Å². The van der Waals surface area contributed by atoms with E-state index in [-0.39, 0.29) is 0 Å². The number of carbonyl (C=O) groups excluding carboxylic acids is 1. The summed E-state index contributed by atoms with van der Waals surface area (Å²) in [5.74, 6) is 0.609. The number of hydrogen-bond donors (Lipinski definition) is 7. The summed E-state index contributed by atoms with van der Waals surface area (Å²) in [6.07, 6.45) is 2.48. The molecule has 1 aliphatic heterocycles. The summed E-state index contributed by atoms with van der Waals surface area (Å²) in [7, 11) is 0. The molecule has 1 saturated heterocycles. The van der Waals surface area contributed by atoms with Crippen molar-refractivity contribution in [3.63, 3.8) is 0 Å². The Bertz CT molecular complexity index is 499. The van der Waals surface area contributed by atoms with Crippen LogP contribution in [0, 0.1) is 17.8 Å². The zero-order valence-electron chi connectivity index (χ0n) is 11.1. The Labute approximate surface area is 119 Å². The van der Waals surface area contributed by atoms with Crippen molar-refractivity contribution in [1.29, 1.82) is 5.41 Å². The van der Waals surface area contributed by atoms with Gasteiger partial charge in [0.25, 0.3) is 5.91 Å². The van der Waals surface area contributed by atoms with Gasteiger partial charge in [0.2, 0.25) is 5.96 Å². The number of amides is 1. The predicted octanol–water partition coefficient (Wildman–Crippen LogP) is -3.08. The Morgan fingerprint density at radius 2 is 2.29 bits per heavy atom. The van der Waals surface area contributed by atoms with Crippen molar-refractivity contribution in [2.75, 3.05) is 6.61 Å². The number of aliphatic imine (C=N–C) groups is 1. The smallest absolute Gasteiger partial charge is 0.268 e. The van der Waals surface area contributed by atoms with Gasteiger partial charge in [-0.05, 0) is 6.92 Å². The van der Waals surface area contributed by atoms with Gasteiger partial charge >= 0.3 is 0 Å². The zero-order valence-corrected chi connectivity index (χ0v) is 11.1. The Hall–Kier alpha value is -2.03. The number of rotatable bonds is 3. The monoisotopic (exact) mass is 300 g/mol. The minimum atomic E-state index is -1.99. The van der Waals surface area contributed by atoms with E-state index in [0.717, 1.165) is 6.92 Å². The van der Waals surface area contributed by atoms with E-state index in [9.17, 15) is 20.1 Å². The largest absolute Gasteiger partial charge is 0.392 e. The van der Waals surface area contributed by atoms with Crippen LogP contribution in [0.2, 0.25) is 0 Å². The summed E-state index contributed by atoms with van der Waals surface area (Å²) in [6.45, 7) is 0.385. The molecule has 0 aromatic carbocycles. The van der Waals surface area contributed by atoms with Crippen LogP contribution in [0.25, 0.3) is 0 Å². The van der Waals surface area contributed by atoms with E-state index < -0.39 is 42.0 Å². The summed E-state index contributed by atoms with van der Waals surface area (Å²) in [6, 6.07) is 0. The Morgan fingerprint density at radius 1 is 1.67 bits per heavy atom. The molecule has 116 valence electrons. The van der Waals surface area contributed by atoms with Crippen LogP contribution in [0.1, 0.15) is 6.92 Å². The SMILES string of the molecule is C#C[C@]1(CO)O[C@@H](N=C(NO)NC(=O)C=N)[C@](C)(O)[C@@H]1O. The number of carbonyl (C=O) groups is 1. The lowest BCUT2D eigenvalue weighted by Crippen LogP contribution is -2.51. The fraction of sp³-hybridized carbons (Fsp3) is 0.545. The van der Waals surface area contributed by atoms with E-state index in [0.29, 0.717) is 6.21 Å².